The van der Waals surface area contributed by atoms with Crippen LogP contribution in [0.25, 0.3) is 12.2 Å². The van der Waals surface area contributed by atoms with Crippen LogP contribution in [-0.2, 0) is 0 Å². The maximum absolute atomic E-state index is 5.59. The van der Waals surface area contributed by atoms with E-state index in [1.165, 1.54) is 12.0 Å². The summed E-state index contributed by atoms with van der Waals surface area (Å²) in [6.45, 7) is 0. The van der Waals surface area contributed by atoms with Gasteiger partial charge in [0.2, 0.25) is 0 Å². The summed E-state index contributed by atoms with van der Waals surface area (Å²) in [5.41, 5.74) is 1.94. The van der Waals surface area contributed by atoms with Gasteiger partial charge in [-0.1, -0.05) is 12.2 Å². The molecule has 0 spiro atoms. The van der Waals surface area contributed by atoms with Gasteiger partial charge in [0, 0.05) is 24.0 Å². The van der Waals surface area contributed by atoms with Crippen LogP contribution in [0.3, 0.4) is 0 Å². The Balaban J connectivity index is 2.32. The second-order valence-corrected chi connectivity index (χ2v) is 5.13. The van der Waals surface area contributed by atoms with E-state index in [1.54, 1.807) is 21.3 Å². The largest absolute Gasteiger partial charge is 0.497 e. The van der Waals surface area contributed by atoms with E-state index < -0.39 is 0 Å². The first-order chi connectivity index (χ1) is 11.2. The van der Waals surface area contributed by atoms with E-state index in [1.807, 2.05) is 54.8 Å². The highest BCUT2D eigenvalue weighted by atomic mass is 32.2. The Bertz CT molecular complexity index is 660. The van der Waals surface area contributed by atoms with Crippen LogP contribution in [0.5, 0.6) is 23.0 Å². The average Bonchev–Trinajstić information content (AvgIpc) is 2.60. The van der Waals surface area contributed by atoms with E-state index >= 15 is 0 Å². The normalized spacial score (nSPS) is 10.6. The summed E-state index contributed by atoms with van der Waals surface area (Å²) in [5, 5.41) is 0. The molecule has 0 aliphatic carbocycles. The molecule has 0 aromatic heterocycles. The lowest BCUT2D eigenvalue weighted by Crippen LogP contribution is -1.89. The predicted molar refractivity (Wildman–Crippen MR) is 95.6 cm³/mol. The zero-order valence-electron chi connectivity index (χ0n) is 13.7. The Hall–Kier alpha value is -2.27. The third-order valence-electron chi connectivity index (χ3n) is 3.22. The van der Waals surface area contributed by atoms with Crippen molar-refractivity contribution >= 4 is 24.2 Å². The van der Waals surface area contributed by atoms with Gasteiger partial charge in [-0.3, -0.25) is 0 Å². The van der Waals surface area contributed by atoms with Crippen molar-refractivity contribution in [3.63, 3.8) is 0 Å². The molecule has 0 saturated carbocycles. The van der Waals surface area contributed by atoms with Crippen LogP contribution >= 0.6 is 12.0 Å². The third-order valence-corrected chi connectivity index (χ3v) is 3.57. The smallest absolute Gasteiger partial charge is 0.148 e. The lowest BCUT2D eigenvalue weighted by atomic mass is 10.1. The number of ether oxygens (including phenoxy) is 3. The second kappa shape index (κ2) is 8.39. The third kappa shape index (κ3) is 4.60. The van der Waals surface area contributed by atoms with Crippen molar-refractivity contribution in [2.75, 3.05) is 27.6 Å². The molecule has 0 unspecified atom stereocenters. The van der Waals surface area contributed by atoms with Crippen molar-refractivity contribution in [3.8, 4) is 23.0 Å². The molecule has 2 aromatic carbocycles. The van der Waals surface area contributed by atoms with Crippen LogP contribution in [0.1, 0.15) is 11.1 Å². The Morgan fingerprint density at radius 1 is 0.783 bits per heavy atom. The standard InChI is InChI=1S/C18H20O4S/c1-19-15-8-7-14(18(12-15)22-23-4)6-5-13-9-16(20-2)11-17(10-13)21-3/h5-12H,1-4H3/b6-5+. The zero-order chi connectivity index (χ0) is 16.7. The lowest BCUT2D eigenvalue weighted by molar-refractivity contribution is 0.394. The summed E-state index contributed by atoms with van der Waals surface area (Å²) < 4.78 is 21.4. The molecule has 2 aromatic rings. The van der Waals surface area contributed by atoms with Crippen LogP contribution in [0.2, 0.25) is 0 Å². The summed E-state index contributed by atoms with van der Waals surface area (Å²) in [7, 11) is 4.91. The summed E-state index contributed by atoms with van der Waals surface area (Å²) in [6, 6.07) is 11.4. The number of hydrogen-bond donors (Lipinski definition) is 0. The number of hydrogen-bond acceptors (Lipinski definition) is 5. The first-order valence-electron chi connectivity index (χ1n) is 7.00. The highest BCUT2D eigenvalue weighted by Gasteiger charge is 2.04. The molecule has 0 atom stereocenters. The predicted octanol–water partition coefficient (Wildman–Crippen LogP) is 4.54. The van der Waals surface area contributed by atoms with E-state index in [0.29, 0.717) is 0 Å². The summed E-state index contributed by atoms with van der Waals surface area (Å²) in [4.78, 5) is 0. The summed E-state index contributed by atoms with van der Waals surface area (Å²) >= 11 is 1.29. The van der Waals surface area contributed by atoms with Gasteiger partial charge in [-0.15, -0.1) is 0 Å². The molecular weight excluding hydrogens is 312 g/mol. The van der Waals surface area contributed by atoms with Crippen molar-refractivity contribution < 1.29 is 18.4 Å². The highest BCUT2D eigenvalue weighted by molar-refractivity contribution is 7.94. The Labute approximate surface area is 141 Å². The van der Waals surface area contributed by atoms with Crippen LogP contribution in [0.4, 0.5) is 0 Å². The molecule has 0 amide bonds. The van der Waals surface area contributed by atoms with Crippen molar-refractivity contribution in [1.82, 2.24) is 0 Å². The minimum absolute atomic E-state index is 0.749. The molecule has 23 heavy (non-hydrogen) atoms. The molecule has 2 rings (SSSR count). The molecule has 0 aliphatic rings. The summed E-state index contributed by atoms with van der Waals surface area (Å²) in [6.07, 6.45) is 5.85. The minimum Gasteiger partial charge on any atom is -0.497 e. The van der Waals surface area contributed by atoms with E-state index in [9.17, 15) is 0 Å². The Morgan fingerprint density at radius 3 is 2.00 bits per heavy atom. The molecular formula is C18H20O4S. The van der Waals surface area contributed by atoms with Crippen molar-refractivity contribution in [3.05, 3.63) is 47.5 Å². The van der Waals surface area contributed by atoms with Gasteiger partial charge in [-0.25, -0.2) is 0 Å². The van der Waals surface area contributed by atoms with Gasteiger partial charge in [0.05, 0.1) is 33.4 Å². The van der Waals surface area contributed by atoms with Crippen LogP contribution < -0.4 is 18.4 Å². The molecule has 0 bridgehead atoms. The van der Waals surface area contributed by atoms with Crippen molar-refractivity contribution in [2.45, 2.75) is 0 Å². The first kappa shape index (κ1) is 17.1. The molecule has 0 aliphatic heterocycles. The van der Waals surface area contributed by atoms with Crippen molar-refractivity contribution in [2.24, 2.45) is 0 Å². The maximum atomic E-state index is 5.59. The second-order valence-electron chi connectivity index (χ2n) is 4.63. The Kier molecular flexibility index (Phi) is 6.23. The SMILES string of the molecule is COc1cc(/C=C/c2ccc(OC)cc2OSC)cc(OC)c1. The monoisotopic (exact) mass is 332 g/mol. The molecule has 0 saturated heterocycles. The lowest BCUT2D eigenvalue weighted by Gasteiger charge is -2.08. The molecule has 0 N–H and O–H groups in total. The van der Waals surface area contributed by atoms with Gasteiger partial charge in [0.25, 0.3) is 0 Å². The molecule has 0 heterocycles. The quantitative estimate of drug-likeness (QED) is 0.549. The number of rotatable bonds is 7. The van der Waals surface area contributed by atoms with Crippen LogP contribution in [0, 0.1) is 0 Å². The fourth-order valence-corrected chi connectivity index (χ4v) is 2.38. The summed E-state index contributed by atoms with van der Waals surface area (Å²) in [5.74, 6) is 3.01. The minimum atomic E-state index is 0.749. The Morgan fingerprint density at radius 2 is 1.43 bits per heavy atom. The van der Waals surface area contributed by atoms with Gasteiger partial charge in [0.15, 0.2) is 0 Å². The van der Waals surface area contributed by atoms with Crippen LogP contribution in [0.15, 0.2) is 36.4 Å². The van der Waals surface area contributed by atoms with E-state index in [0.717, 1.165) is 34.1 Å². The van der Waals surface area contributed by atoms with E-state index in [4.69, 9.17) is 18.4 Å². The van der Waals surface area contributed by atoms with Crippen LogP contribution in [-0.4, -0.2) is 27.6 Å². The van der Waals surface area contributed by atoms with Gasteiger partial charge >= 0.3 is 0 Å². The zero-order valence-corrected chi connectivity index (χ0v) is 14.5. The van der Waals surface area contributed by atoms with Gasteiger partial charge in [-0.05, 0) is 29.8 Å². The van der Waals surface area contributed by atoms with E-state index in [-0.39, 0.29) is 0 Å². The number of methoxy groups -OCH3 is 3. The fraction of sp³-hybridized carbons (Fsp3) is 0.222. The van der Waals surface area contributed by atoms with Crippen molar-refractivity contribution in [1.29, 1.82) is 0 Å². The first-order valence-corrected chi connectivity index (χ1v) is 8.15. The van der Waals surface area contributed by atoms with Gasteiger partial charge in [-0.2, -0.15) is 0 Å². The van der Waals surface area contributed by atoms with Gasteiger partial charge in [0.1, 0.15) is 23.0 Å². The molecule has 5 heteroatoms. The maximum Gasteiger partial charge on any atom is 0.148 e. The number of benzene rings is 2. The average molecular weight is 332 g/mol. The highest BCUT2D eigenvalue weighted by Crippen LogP contribution is 2.29. The fourth-order valence-electron chi connectivity index (χ4n) is 2.05. The molecule has 4 nitrogen and oxygen atoms in total. The van der Waals surface area contributed by atoms with Gasteiger partial charge < -0.3 is 18.4 Å². The van der Waals surface area contributed by atoms with E-state index in [2.05, 4.69) is 0 Å². The topological polar surface area (TPSA) is 36.9 Å². The molecule has 0 fully saturated rings. The molecule has 122 valence electrons. The molecule has 0 radical (unpaired) electrons.